The van der Waals surface area contributed by atoms with Gasteiger partial charge in [0.25, 0.3) is 11.1 Å². The Kier molecular flexibility index (Phi) is 3.43. The van der Waals surface area contributed by atoms with Crippen molar-refractivity contribution in [2.24, 2.45) is 0 Å². The molecule has 0 unspecified atom stereocenters. The maximum absolute atomic E-state index is 11.8. The highest BCUT2D eigenvalue weighted by molar-refractivity contribution is 6.67. The van der Waals surface area contributed by atoms with Gasteiger partial charge in [-0.15, -0.1) is 0 Å². The molecule has 0 bridgehead atoms. The molecule has 0 aliphatic heterocycles. The van der Waals surface area contributed by atoms with Gasteiger partial charge in [-0.2, -0.15) is 0 Å². The Morgan fingerprint density at radius 3 is 2.61 bits per heavy atom. The molecule has 1 N–H and O–H groups in total. The molecule has 0 aliphatic rings. The topological polar surface area (TPSA) is 72.2 Å². The Bertz CT molecular complexity index is 590. The van der Waals surface area contributed by atoms with Crippen molar-refractivity contribution in [1.82, 2.24) is 4.98 Å². The van der Waals surface area contributed by atoms with Crippen LogP contribution < -0.4 is 5.32 Å². The van der Waals surface area contributed by atoms with Crippen LogP contribution in [0.25, 0.3) is 0 Å². The predicted octanol–water partition coefficient (Wildman–Crippen LogP) is 2.61. The summed E-state index contributed by atoms with van der Waals surface area (Å²) >= 11 is 5.28. The van der Waals surface area contributed by atoms with Crippen molar-refractivity contribution in [2.45, 2.75) is 6.92 Å². The highest BCUT2D eigenvalue weighted by Crippen LogP contribution is 2.12. The average molecular weight is 265 g/mol. The van der Waals surface area contributed by atoms with Gasteiger partial charge < -0.3 is 9.73 Å². The first-order valence-electron chi connectivity index (χ1n) is 5.09. The van der Waals surface area contributed by atoms with E-state index in [9.17, 15) is 9.59 Å². The summed E-state index contributed by atoms with van der Waals surface area (Å²) in [6, 6.07) is 4.66. The maximum Gasteiger partial charge on any atom is 0.292 e. The average Bonchev–Trinajstić information content (AvgIpc) is 2.76. The van der Waals surface area contributed by atoms with Crippen LogP contribution in [0.1, 0.15) is 26.5 Å². The van der Waals surface area contributed by atoms with Gasteiger partial charge in [-0.1, -0.05) is 0 Å². The predicted molar refractivity (Wildman–Crippen MR) is 65.8 cm³/mol. The van der Waals surface area contributed by atoms with Crippen molar-refractivity contribution < 1.29 is 14.0 Å². The molecule has 18 heavy (non-hydrogen) atoms. The van der Waals surface area contributed by atoms with Gasteiger partial charge in [0.05, 0.1) is 11.8 Å². The molecule has 0 fully saturated rings. The Labute approximate surface area is 108 Å². The number of furan rings is 1. The van der Waals surface area contributed by atoms with Crippen molar-refractivity contribution in [1.29, 1.82) is 0 Å². The van der Waals surface area contributed by atoms with Crippen LogP contribution in [0, 0.1) is 6.92 Å². The van der Waals surface area contributed by atoms with Crippen LogP contribution >= 0.6 is 11.6 Å². The minimum Gasteiger partial charge on any atom is -0.459 e. The minimum absolute atomic E-state index is 0.231. The van der Waals surface area contributed by atoms with Crippen molar-refractivity contribution in [2.75, 3.05) is 5.32 Å². The lowest BCUT2D eigenvalue weighted by molar-refractivity contribution is 0.0995. The fourth-order valence-electron chi connectivity index (χ4n) is 1.36. The Morgan fingerprint density at radius 1 is 1.33 bits per heavy atom. The molecule has 0 aromatic carbocycles. The van der Waals surface area contributed by atoms with E-state index in [1.165, 1.54) is 24.6 Å². The molecule has 0 radical (unpaired) electrons. The van der Waals surface area contributed by atoms with Crippen LogP contribution in [0.2, 0.25) is 0 Å². The fraction of sp³-hybridized carbons (Fsp3) is 0.0833. The summed E-state index contributed by atoms with van der Waals surface area (Å²) in [7, 11) is 0. The van der Waals surface area contributed by atoms with Crippen LogP contribution in [0.5, 0.6) is 0 Å². The lowest BCUT2D eigenvalue weighted by atomic mass is 10.2. The summed E-state index contributed by atoms with van der Waals surface area (Å²) in [6.45, 7) is 1.76. The summed E-state index contributed by atoms with van der Waals surface area (Å²) in [5.41, 5.74) is 1.00. The van der Waals surface area contributed by atoms with Crippen molar-refractivity contribution in [3.05, 3.63) is 47.5 Å². The van der Waals surface area contributed by atoms with E-state index in [-0.39, 0.29) is 11.3 Å². The van der Waals surface area contributed by atoms with Crippen molar-refractivity contribution in [3.63, 3.8) is 0 Å². The van der Waals surface area contributed by atoms with Gasteiger partial charge in [-0.3, -0.25) is 9.59 Å². The maximum atomic E-state index is 11.8. The second-order valence-electron chi connectivity index (χ2n) is 3.59. The molecule has 2 aromatic rings. The monoisotopic (exact) mass is 264 g/mol. The summed E-state index contributed by atoms with van der Waals surface area (Å²) in [4.78, 5) is 26.5. The van der Waals surface area contributed by atoms with Crippen LogP contribution in [0.15, 0.2) is 35.1 Å². The van der Waals surface area contributed by atoms with Crippen LogP contribution in [-0.4, -0.2) is 16.1 Å². The Hall–Kier alpha value is -2.14. The quantitative estimate of drug-likeness (QED) is 0.865. The first-order chi connectivity index (χ1) is 8.58. The third kappa shape index (κ3) is 2.57. The van der Waals surface area contributed by atoms with Crippen LogP contribution in [0.3, 0.4) is 0 Å². The number of anilines is 1. The zero-order chi connectivity index (χ0) is 13.1. The Morgan fingerprint density at radius 2 is 2.11 bits per heavy atom. The van der Waals surface area contributed by atoms with Crippen LogP contribution in [0.4, 0.5) is 5.82 Å². The molecule has 2 rings (SSSR count). The molecule has 0 saturated carbocycles. The highest BCUT2D eigenvalue weighted by atomic mass is 35.5. The smallest absolute Gasteiger partial charge is 0.292 e. The van der Waals surface area contributed by atoms with E-state index in [1.54, 1.807) is 13.0 Å². The molecule has 5 nitrogen and oxygen atoms in total. The molecule has 0 saturated heterocycles. The van der Waals surface area contributed by atoms with Crippen molar-refractivity contribution >= 4 is 28.6 Å². The molecular weight excluding hydrogens is 256 g/mol. The number of nitrogens with zero attached hydrogens (tertiary/aromatic N) is 1. The van der Waals surface area contributed by atoms with Gasteiger partial charge in [0.1, 0.15) is 5.82 Å². The minimum atomic E-state index is -0.595. The Balaban J connectivity index is 2.13. The molecule has 2 aromatic heterocycles. The first kappa shape index (κ1) is 12.3. The molecule has 2 heterocycles. The summed E-state index contributed by atoms with van der Waals surface area (Å²) in [5, 5.41) is 1.96. The number of halogens is 1. The second-order valence-corrected chi connectivity index (χ2v) is 3.94. The number of hydrogen-bond acceptors (Lipinski definition) is 4. The third-order valence-corrected chi connectivity index (χ3v) is 2.52. The lowest BCUT2D eigenvalue weighted by Crippen LogP contribution is -2.13. The molecular formula is C12H9ClN2O3. The number of carbonyl (C=O) groups is 2. The number of pyridine rings is 1. The van der Waals surface area contributed by atoms with Gasteiger partial charge in [0.2, 0.25) is 0 Å². The number of aryl methyl sites for hydroxylation is 1. The van der Waals surface area contributed by atoms with Gasteiger partial charge in [0, 0.05) is 11.8 Å². The molecule has 6 heteroatoms. The van der Waals surface area contributed by atoms with E-state index in [2.05, 4.69) is 10.3 Å². The van der Waals surface area contributed by atoms with Gasteiger partial charge in [0.15, 0.2) is 5.76 Å². The zero-order valence-corrected chi connectivity index (χ0v) is 10.2. The van der Waals surface area contributed by atoms with Gasteiger partial charge in [-0.05, 0) is 36.7 Å². The number of rotatable bonds is 3. The third-order valence-electron chi connectivity index (χ3n) is 2.30. The molecule has 92 valence electrons. The van der Waals surface area contributed by atoms with Gasteiger partial charge in [-0.25, -0.2) is 4.98 Å². The number of aromatic nitrogens is 1. The molecule has 1 amide bonds. The second kappa shape index (κ2) is 5.01. The van der Waals surface area contributed by atoms with E-state index in [0.717, 1.165) is 5.56 Å². The largest absolute Gasteiger partial charge is 0.459 e. The summed E-state index contributed by atoms with van der Waals surface area (Å²) in [6.07, 6.45) is 2.73. The number of hydrogen-bond donors (Lipinski definition) is 1. The standard InChI is InChI=1S/C12H9ClN2O3/c1-7-4-5-18-10(7)12(17)15-9-3-2-8(6-14-9)11(13)16/h2-6H,1H3,(H,14,15,17). The lowest BCUT2D eigenvalue weighted by Gasteiger charge is -2.03. The number of carbonyl (C=O) groups excluding carboxylic acids is 2. The first-order valence-corrected chi connectivity index (χ1v) is 5.47. The summed E-state index contributed by atoms with van der Waals surface area (Å²) < 4.78 is 5.05. The number of nitrogens with one attached hydrogen (secondary N) is 1. The molecule has 0 spiro atoms. The SMILES string of the molecule is Cc1ccoc1C(=O)Nc1ccc(C(=O)Cl)cn1. The normalized spacial score (nSPS) is 10.1. The van der Waals surface area contributed by atoms with Crippen molar-refractivity contribution in [3.8, 4) is 0 Å². The fourth-order valence-corrected chi connectivity index (χ4v) is 1.47. The van der Waals surface area contributed by atoms with Gasteiger partial charge >= 0.3 is 0 Å². The van der Waals surface area contributed by atoms with Crippen LogP contribution in [-0.2, 0) is 0 Å². The summed E-state index contributed by atoms with van der Waals surface area (Å²) in [5.74, 6) is 0.154. The van der Waals surface area contributed by atoms with E-state index in [0.29, 0.717) is 5.82 Å². The number of amides is 1. The van der Waals surface area contributed by atoms with E-state index in [4.69, 9.17) is 16.0 Å². The molecule has 0 atom stereocenters. The van der Waals surface area contributed by atoms with E-state index >= 15 is 0 Å². The highest BCUT2D eigenvalue weighted by Gasteiger charge is 2.13. The molecule has 0 aliphatic carbocycles. The van der Waals surface area contributed by atoms with E-state index in [1.807, 2.05) is 0 Å². The van der Waals surface area contributed by atoms with E-state index < -0.39 is 11.1 Å². The zero-order valence-electron chi connectivity index (χ0n) is 9.44.